The van der Waals surface area contributed by atoms with Gasteiger partial charge in [-0.05, 0) is 0 Å². The average Bonchev–Trinajstić information content (AvgIpc) is 2.04. The van der Waals surface area contributed by atoms with Gasteiger partial charge in [-0.2, -0.15) is 0 Å². The quantitative estimate of drug-likeness (QED) is 0.593. The summed E-state index contributed by atoms with van der Waals surface area (Å²) in [4.78, 5) is 2.28. The Kier molecular flexibility index (Phi) is 5.79. The number of nitrogens with zero attached hydrogens (tertiary/aromatic N) is 1. The Hall–Kier alpha value is 0.137. The predicted molar refractivity (Wildman–Crippen MR) is 58.5 cm³/mol. The molecule has 12 heavy (non-hydrogen) atoms. The fourth-order valence-electron chi connectivity index (χ4n) is 0.804. The molecule has 0 aromatic rings. The average molecular weight is 190 g/mol. The molecule has 0 aliphatic heterocycles. The fraction of sp³-hybridized carbons (Fsp3) is 1.00. The van der Waals surface area contributed by atoms with Crippen LogP contribution in [0.15, 0.2) is 0 Å². The minimum atomic E-state index is -1.55. The predicted octanol–water partition coefficient (Wildman–Crippen LogP) is 1.91. The van der Waals surface area contributed by atoms with Crippen molar-refractivity contribution in [1.82, 2.24) is 4.90 Å². The topological polar surface area (TPSA) is 12.5 Å². The van der Waals surface area contributed by atoms with Gasteiger partial charge in [0.1, 0.15) is 0 Å². The van der Waals surface area contributed by atoms with Crippen molar-refractivity contribution in [2.75, 3.05) is 26.7 Å². The summed E-state index contributed by atoms with van der Waals surface area (Å²) in [5, 5.41) is 0. The molecule has 0 atom stereocenters. The van der Waals surface area contributed by atoms with E-state index < -0.39 is 8.32 Å². The van der Waals surface area contributed by atoms with Crippen molar-refractivity contribution in [1.29, 1.82) is 0 Å². The van der Waals surface area contributed by atoms with Gasteiger partial charge in [-0.25, -0.2) is 0 Å². The van der Waals surface area contributed by atoms with E-state index in [1.165, 1.54) is 6.04 Å². The molecule has 3 heteroatoms. The maximum atomic E-state index is 5.88. The molecule has 0 fully saturated rings. The Morgan fingerprint density at radius 1 is 1.25 bits per heavy atom. The first kappa shape index (κ1) is 12.1. The molecule has 2 nitrogen and oxygen atoms in total. The van der Waals surface area contributed by atoms with E-state index in [0.717, 1.165) is 19.7 Å². The monoisotopic (exact) mass is 190 g/mol. The molecule has 0 amide bonds. The molecule has 0 aliphatic rings. The van der Waals surface area contributed by atoms with Crippen LogP contribution in [-0.4, -0.2) is 40.0 Å². The van der Waals surface area contributed by atoms with Gasteiger partial charge in [-0.15, -0.1) is 0 Å². The van der Waals surface area contributed by atoms with Crippen molar-refractivity contribution in [3.63, 3.8) is 0 Å². The zero-order valence-corrected chi connectivity index (χ0v) is 10.4. The van der Waals surface area contributed by atoms with Crippen molar-refractivity contribution in [2.24, 2.45) is 0 Å². The summed E-state index contributed by atoms with van der Waals surface area (Å²) >= 11 is 0. The third-order valence-corrected chi connectivity index (χ3v) is 5.67. The van der Waals surface area contributed by atoms with Crippen molar-refractivity contribution in [2.45, 2.75) is 33.0 Å². The molecule has 0 unspecified atom stereocenters. The van der Waals surface area contributed by atoms with E-state index in [2.05, 4.69) is 38.9 Å². The second kappa shape index (κ2) is 5.73. The molecule has 0 saturated carbocycles. The van der Waals surface area contributed by atoms with Gasteiger partial charge in [0.05, 0.1) is 0 Å². The molecule has 0 aromatic carbocycles. The molecule has 0 spiro atoms. The van der Waals surface area contributed by atoms with Gasteiger partial charge >= 0.3 is 77.4 Å². The van der Waals surface area contributed by atoms with E-state index in [1.807, 2.05) is 0 Å². The molecular weight excluding hydrogens is 166 g/mol. The van der Waals surface area contributed by atoms with Crippen LogP contribution in [0.3, 0.4) is 0 Å². The summed E-state index contributed by atoms with van der Waals surface area (Å²) in [6.07, 6.45) is 0. The Bertz CT molecular complexity index is 117. The SMILES string of the molecule is CCN(C)CCO[SiH-](C)(C)CC. The van der Waals surface area contributed by atoms with E-state index in [1.54, 1.807) is 0 Å². The minimum absolute atomic E-state index is 0.913. The van der Waals surface area contributed by atoms with Crippen LogP contribution in [-0.2, 0) is 4.43 Å². The Balaban J connectivity index is 3.42. The van der Waals surface area contributed by atoms with E-state index in [9.17, 15) is 0 Å². The van der Waals surface area contributed by atoms with Crippen molar-refractivity contribution < 1.29 is 4.43 Å². The molecule has 0 heterocycles. The molecular formula is C9H24NOSi-. The van der Waals surface area contributed by atoms with Gasteiger partial charge in [-0.3, -0.25) is 0 Å². The number of hydrogen-bond acceptors (Lipinski definition) is 2. The first-order valence-corrected chi connectivity index (χ1v) is 8.68. The molecule has 0 N–H and O–H groups in total. The van der Waals surface area contributed by atoms with E-state index in [-0.39, 0.29) is 0 Å². The zero-order chi connectivity index (χ0) is 9.61. The Labute approximate surface area is 78.0 Å². The standard InChI is InChI=1S/C9H24NOSi/c1-6-10(3)8-9-11-12(4,5)7-2/h12H,6-9H2,1-5H3/q-1. The first-order valence-electron chi connectivity index (χ1n) is 5.08. The molecule has 76 valence electrons. The number of rotatable bonds is 6. The first-order chi connectivity index (χ1) is 5.52. The number of likely N-dealkylation sites (N-methyl/N-ethyl adjacent to an activating group) is 1. The molecule has 0 saturated heterocycles. The van der Waals surface area contributed by atoms with Gasteiger partial charge in [0.15, 0.2) is 0 Å². The van der Waals surface area contributed by atoms with Gasteiger partial charge in [0, 0.05) is 0 Å². The summed E-state index contributed by atoms with van der Waals surface area (Å²) in [5.74, 6) is 0. The zero-order valence-electron chi connectivity index (χ0n) is 9.26. The molecule has 0 radical (unpaired) electrons. The van der Waals surface area contributed by atoms with Crippen LogP contribution >= 0.6 is 0 Å². The van der Waals surface area contributed by atoms with Crippen molar-refractivity contribution in [3.05, 3.63) is 0 Å². The normalized spacial score (nSPS) is 13.8. The second-order valence-electron chi connectivity index (χ2n) is 4.21. The van der Waals surface area contributed by atoms with Crippen LogP contribution < -0.4 is 0 Å². The van der Waals surface area contributed by atoms with Crippen LogP contribution in [0.2, 0.25) is 19.1 Å². The van der Waals surface area contributed by atoms with Gasteiger partial charge in [0.25, 0.3) is 0 Å². The summed E-state index contributed by atoms with van der Waals surface area (Å²) in [6.45, 7) is 12.1. The molecule has 0 aromatic heterocycles. The molecule has 0 rings (SSSR count). The summed E-state index contributed by atoms with van der Waals surface area (Å²) in [7, 11) is 0.582. The fourth-order valence-corrected chi connectivity index (χ4v) is 1.78. The maximum absolute atomic E-state index is 5.88. The van der Waals surface area contributed by atoms with Crippen molar-refractivity contribution in [3.8, 4) is 0 Å². The van der Waals surface area contributed by atoms with E-state index >= 15 is 0 Å². The van der Waals surface area contributed by atoms with Crippen LogP contribution in [0.1, 0.15) is 13.8 Å². The third kappa shape index (κ3) is 5.74. The van der Waals surface area contributed by atoms with Crippen LogP contribution in [0.5, 0.6) is 0 Å². The van der Waals surface area contributed by atoms with Crippen LogP contribution in [0, 0.1) is 0 Å². The number of hydrogen-bond donors (Lipinski definition) is 0. The van der Waals surface area contributed by atoms with Crippen LogP contribution in [0.4, 0.5) is 0 Å². The Morgan fingerprint density at radius 3 is 2.25 bits per heavy atom. The van der Waals surface area contributed by atoms with E-state index in [4.69, 9.17) is 4.43 Å². The van der Waals surface area contributed by atoms with Gasteiger partial charge in [0.2, 0.25) is 0 Å². The molecule has 0 bridgehead atoms. The van der Waals surface area contributed by atoms with E-state index in [0.29, 0.717) is 0 Å². The van der Waals surface area contributed by atoms with Gasteiger partial charge < -0.3 is 0 Å². The van der Waals surface area contributed by atoms with Crippen molar-refractivity contribution >= 4 is 8.32 Å². The molecule has 0 aliphatic carbocycles. The van der Waals surface area contributed by atoms with Crippen LogP contribution in [0.25, 0.3) is 0 Å². The Morgan fingerprint density at radius 2 is 1.83 bits per heavy atom. The van der Waals surface area contributed by atoms with Gasteiger partial charge in [-0.1, -0.05) is 0 Å². The summed E-state index contributed by atoms with van der Waals surface area (Å²) in [6, 6.07) is 1.24. The third-order valence-electron chi connectivity index (χ3n) is 2.57. The summed E-state index contributed by atoms with van der Waals surface area (Å²) in [5.41, 5.74) is 0. The second-order valence-corrected chi connectivity index (χ2v) is 9.42. The summed E-state index contributed by atoms with van der Waals surface area (Å²) < 4.78 is 5.88.